The van der Waals surface area contributed by atoms with Crippen LogP contribution < -0.4 is 4.74 Å². The summed E-state index contributed by atoms with van der Waals surface area (Å²) in [6.07, 6.45) is 0. The van der Waals surface area contributed by atoms with Gasteiger partial charge in [-0.05, 0) is 23.6 Å². The molecule has 0 saturated carbocycles. The number of benzene rings is 2. The highest BCUT2D eigenvalue weighted by Crippen LogP contribution is 2.39. The largest absolute Gasteiger partial charge is 0.504 e. The number of hydrogen-bond donors (Lipinski definition) is 1. The molecule has 2 aromatic carbocycles. The number of para-hydroxylation sites is 2. The van der Waals surface area contributed by atoms with Crippen molar-refractivity contribution in [2.24, 2.45) is 0 Å². The Morgan fingerprint density at radius 1 is 0.889 bits per heavy atom. The van der Waals surface area contributed by atoms with Gasteiger partial charge in [-0.15, -0.1) is 0 Å². The highest BCUT2D eigenvalue weighted by atomic mass is 16.5. The Morgan fingerprint density at radius 2 is 1.56 bits per heavy atom. The van der Waals surface area contributed by atoms with Crippen molar-refractivity contribution in [2.45, 2.75) is 26.2 Å². The lowest BCUT2D eigenvalue weighted by Crippen LogP contribution is -2.11. The molecule has 2 heteroatoms. The van der Waals surface area contributed by atoms with Gasteiger partial charge in [0.05, 0.1) is 0 Å². The summed E-state index contributed by atoms with van der Waals surface area (Å²) in [5.74, 6) is 1.43. The molecule has 2 aromatic rings. The van der Waals surface area contributed by atoms with Gasteiger partial charge in [0.25, 0.3) is 0 Å². The molecular weight excluding hydrogens is 224 g/mol. The van der Waals surface area contributed by atoms with Gasteiger partial charge in [-0.2, -0.15) is 0 Å². The molecule has 1 N–H and O–H groups in total. The summed E-state index contributed by atoms with van der Waals surface area (Å²) in [6.45, 7) is 6.19. The summed E-state index contributed by atoms with van der Waals surface area (Å²) in [7, 11) is 0. The molecule has 0 heterocycles. The molecule has 2 rings (SSSR count). The van der Waals surface area contributed by atoms with E-state index in [1.807, 2.05) is 42.5 Å². The summed E-state index contributed by atoms with van der Waals surface area (Å²) < 4.78 is 5.69. The normalized spacial score (nSPS) is 11.3. The smallest absolute Gasteiger partial charge is 0.169 e. The first-order chi connectivity index (χ1) is 8.48. The zero-order valence-corrected chi connectivity index (χ0v) is 11.0. The minimum Gasteiger partial charge on any atom is -0.504 e. The highest BCUT2D eigenvalue weighted by Gasteiger charge is 2.20. The van der Waals surface area contributed by atoms with E-state index in [1.54, 1.807) is 6.07 Å². The molecule has 0 aromatic heterocycles. The second-order valence-corrected chi connectivity index (χ2v) is 5.32. The molecule has 2 nitrogen and oxygen atoms in total. The third-order valence-electron chi connectivity index (χ3n) is 2.78. The average molecular weight is 242 g/mol. The molecule has 0 saturated heterocycles. The van der Waals surface area contributed by atoms with E-state index in [0.29, 0.717) is 5.75 Å². The van der Waals surface area contributed by atoms with Gasteiger partial charge in [0.15, 0.2) is 11.5 Å². The molecular formula is C16H18O2. The van der Waals surface area contributed by atoms with Gasteiger partial charge in [-0.1, -0.05) is 51.1 Å². The first kappa shape index (κ1) is 12.5. The lowest BCUT2D eigenvalue weighted by atomic mass is 9.86. The van der Waals surface area contributed by atoms with E-state index >= 15 is 0 Å². The lowest BCUT2D eigenvalue weighted by molar-refractivity contribution is 0.396. The fourth-order valence-corrected chi connectivity index (χ4v) is 1.83. The second kappa shape index (κ2) is 4.73. The SMILES string of the molecule is CC(C)(C)c1cccc(Oc2ccccc2)c1O. The predicted octanol–water partition coefficient (Wildman–Crippen LogP) is 4.48. The Balaban J connectivity index is 2.36. The zero-order chi connectivity index (χ0) is 13.2. The highest BCUT2D eigenvalue weighted by molar-refractivity contribution is 5.50. The minimum absolute atomic E-state index is 0.111. The van der Waals surface area contributed by atoms with E-state index in [1.165, 1.54) is 0 Å². The van der Waals surface area contributed by atoms with Crippen LogP contribution >= 0.6 is 0 Å². The Morgan fingerprint density at radius 3 is 2.17 bits per heavy atom. The van der Waals surface area contributed by atoms with E-state index in [-0.39, 0.29) is 11.2 Å². The minimum atomic E-state index is -0.111. The number of phenols is 1. The Bertz CT molecular complexity index is 525. The van der Waals surface area contributed by atoms with Crippen LogP contribution in [-0.4, -0.2) is 5.11 Å². The van der Waals surface area contributed by atoms with Crippen molar-refractivity contribution in [3.8, 4) is 17.2 Å². The lowest BCUT2D eigenvalue weighted by Gasteiger charge is -2.21. The molecule has 0 unspecified atom stereocenters. The fraction of sp³-hybridized carbons (Fsp3) is 0.250. The van der Waals surface area contributed by atoms with Gasteiger partial charge >= 0.3 is 0 Å². The van der Waals surface area contributed by atoms with Crippen LogP contribution in [0.3, 0.4) is 0 Å². The summed E-state index contributed by atoms with van der Waals surface area (Å²) in [5, 5.41) is 10.3. The first-order valence-electron chi connectivity index (χ1n) is 6.04. The van der Waals surface area contributed by atoms with Crippen LogP contribution in [0.1, 0.15) is 26.3 Å². The maximum Gasteiger partial charge on any atom is 0.169 e. The van der Waals surface area contributed by atoms with Crippen LogP contribution in [-0.2, 0) is 5.41 Å². The summed E-state index contributed by atoms with van der Waals surface area (Å²) in [6, 6.07) is 15.1. The zero-order valence-electron chi connectivity index (χ0n) is 11.0. The Labute approximate surface area is 108 Å². The second-order valence-electron chi connectivity index (χ2n) is 5.32. The maximum atomic E-state index is 10.3. The number of rotatable bonds is 2. The molecule has 0 aliphatic heterocycles. The van der Waals surface area contributed by atoms with Gasteiger partial charge < -0.3 is 9.84 Å². The first-order valence-corrected chi connectivity index (χ1v) is 6.04. The molecule has 94 valence electrons. The molecule has 0 bridgehead atoms. The number of aromatic hydroxyl groups is 1. The van der Waals surface area contributed by atoms with Crippen molar-refractivity contribution >= 4 is 0 Å². The Kier molecular flexibility index (Phi) is 3.28. The van der Waals surface area contributed by atoms with Crippen molar-refractivity contribution in [2.75, 3.05) is 0 Å². The third-order valence-corrected chi connectivity index (χ3v) is 2.78. The van der Waals surface area contributed by atoms with Crippen LogP contribution in [0.15, 0.2) is 48.5 Å². The van der Waals surface area contributed by atoms with Gasteiger partial charge in [0.2, 0.25) is 0 Å². The summed E-state index contributed by atoms with van der Waals surface area (Å²) in [5.41, 5.74) is 0.774. The van der Waals surface area contributed by atoms with Crippen LogP contribution in [0.25, 0.3) is 0 Å². The quantitative estimate of drug-likeness (QED) is 0.841. The van der Waals surface area contributed by atoms with E-state index in [4.69, 9.17) is 4.74 Å². The molecule has 0 atom stereocenters. The average Bonchev–Trinajstić information content (AvgIpc) is 2.32. The summed E-state index contributed by atoms with van der Waals surface area (Å²) >= 11 is 0. The van der Waals surface area contributed by atoms with E-state index < -0.39 is 0 Å². The van der Waals surface area contributed by atoms with Gasteiger partial charge in [-0.3, -0.25) is 0 Å². The van der Waals surface area contributed by atoms with E-state index in [2.05, 4.69) is 20.8 Å². The molecule has 0 aliphatic carbocycles. The Hall–Kier alpha value is -1.96. The molecule has 0 radical (unpaired) electrons. The number of phenolic OH excluding ortho intramolecular Hbond substituents is 1. The van der Waals surface area contributed by atoms with Crippen LogP contribution in [0.5, 0.6) is 17.2 Å². The fourth-order valence-electron chi connectivity index (χ4n) is 1.83. The van der Waals surface area contributed by atoms with Gasteiger partial charge in [0.1, 0.15) is 5.75 Å². The van der Waals surface area contributed by atoms with E-state index in [0.717, 1.165) is 11.3 Å². The molecule has 18 heavy (non-hydrogen) atoms. The topological polar surface area (TPSA) is 29.5 Å². The van der Waals surface area contributed by atoms with E-state index in [9.17, 15) is 5.11 Å². The molecule has 0 amide bonds. The summed E-state index contributed by atoms with van der Waals surface area (Å²) in [4.78, 5) is 0. The monoisotopic (exact) mass is 242 g/mol. The predicted molar refractivity (Wildman–Crippen MR) is 73.3 cm³/mol. The van der Waals surface area contributed by atoms with Crippen molar-refractivity contribution in [1.82, 2.24) is 0 Å². The van der Waals surface area contributed by atoms with Gasteiger partial charge in [0, 0.05) is 5.56 Å². The van der Waals surface area contributed by atoms with Gasteiger partial charge in [-0.25, -0.2) is 0 Å². The number of hydrogen-bond acceptors (Lipinski definition) is 2. The van der Waals surface area contributed by atoms with Crippen molar-refractivity contribution in [3.05, 3.63) is 54.1 Å². The molecule has 0 fully saturated rings. The van der Waals surface area contributed by atoms with Crippen LogP contribution in [0, 0.1) is 0 Å². The van der Waals surface area contributed by atoms with Crippen molar-refractivity contribution < 1.29 is 9.84 Å². The molecule has 0 aliphatic rings. The van der Waals surface area contributed by atoms with Crippen molar-refractivity contribution in [1.29, 1.82) is 0 Å². The van der Waals surface area contributed by atoms with Crippen LogP contribution in [0.2, 0.25) is 0 Å². The third kappa shape index (κ3) is 2.65. The number of ether oxygens (including phenoxy) is 1. The standard InChI is InChI=1S/C16H18O2/c1-16(2,3)13-10-7-11-14(15(13)17)18-12-8-5-4-6-9-12/h4-11,17H,1-3H3. The maximum absolute atomic E-state index is 10.3. The molecule has 0 spiro atoms. The van der Waals surface area contributed by atoms with Crippen LogP contribution in [0.4, 0.5) is 0 Å². The van der Waals surface area contributed by atoms with Crippen molar-refractivity contribution in [3.63, 3.8) is 0 Å².